The van der Waals surface area contributed by atoms with Crippen LogP contribution in [0.15, 0.2) is 5.51 Å². The first kappa shape index (κ1) is 11.2. The van der Waals surface area contributed by atoms with E-state index in [0.717, 1.165) is 36.3 Å². The average Bonchev–Trinajstić information content (AvgIpc) is 3.24. The molecule has 1 heterocycles. The molecule has 1 aromatic rings. The lowest BCUT2D eigenvalue weighted by atomic mass is 10.2. The van der Waals surface area contributed by atoms with Gasteiger partial charge in [0.05, 0.1) is 17.8 Å². The van der Waals surface area contributed by atoms with Gasteiger partial charge in [0.2, 0.25) is 0 Å². The van der Waals surface area contributed by atoms with Gasteiger partial charge in [0, 0.05) is 18.5 Å². The predicted molar refractivity (Wildman–Crippen MR) is 65.2 cm³/mol. The lowest BCUT2D eigenvalue weighted by Crippen LogP contribution is -2.35. The fourth-order valence-electron chi connectivity index (χ4n) is 2.14. The van der Waals surface area contributed by atoms with Gasteiger partial charge >= 0.3 is 0 Å². The van der Waals surface area contributed by atoms with Gasteiger partial charge in [0.15, 0.2) is 0 Å². The highest BCUT2D eigenvalue weighted by Gasteiger charge is 2.37. The Kier molecular flexibility index (Phi) is 2.88. The fourth-order valence-corrected chi connectivity index (χ4v) is 2.97. The first-order valence-corrected chi connectivity index (χ1v) is 7.04. The van der Waals surface area contributed by atoms with Crippen molar-refractivity contribution >= 4 is 17.2 Å². The van der Waals surface area contributed by atoms with E-state index >= 15 is 0 Å². The molecule has 2 fully saturated rings. The molecule has 0 radical (unpaired) electrons. The SMILES string of the molecule is O=C(c1scnc1C1CC1)N(CCO)C1CC1. The molecule has 3 rings (SSSR count). The van der Waals surface area contributed by atoms with Gasteiger partial charge in [-0.2, -0.15) is 0 Å². The Balaban J connectivity index is 1.80. The van der Waals surface area contributed by atoms with Crippen molar-refractivity contribution in [3.63, 3.8) is 0 Å². The van der Waals surface area contributed by atoms with Crippen LogP contribution in [0.4, 0.5) is 0 Å². The van der Waals surface area contributed by atoms with Crippen molar-refractivity contribution in [2.45, 2.75) is 37.6 Å². The number of hydrogen-bond donors (Lipinski definition) is 1. The molecule has 0 spiro atoms. The highest BCUT2D eigenvalue weighted by Crippen LogP contribution is 2.42. The van der Waals surface area contributed by atoms with Crippen LogP contribution in [0, 0.1) is 0 Å². The number of rotatable bonds is 5. The van der Waals surface area contributed by atoms with Crippen LogP contribution in [0.2, 0.25) is 0 Å². The zero-order valence-corrected chi connectivity index (χ0v) is 10.4. The van der Waals surface area contributed by atoms with E-state index in [2.05, 4.69) is 4.98 Å². The van der Waals surface area contributed by atoms with Crippen molar-refractivity contribution in [3.8, 4) is 0 Å². The van der Waals surface area contributed by atoms with Crippen molar-refractivity contribution in [3.05, 3.63) is 16.1 Å². The van der Waals surface area contributed by atoms with E-state index in [4.69, 9.17) is 5.11 Å². The van der Waals surface area contributed by atoms with Crippen molar-refractivity contribution in [2.75, 3.05) is 13.2 Å². The summed E-state index contributed by atoms with van der Waals surface area (Å²) in [5, 5.41) is 9.04. The third kappa shape index (κ3) is 2.21. The van der Waals surface area contributed by atoms with Gasteiger partial charge in [-0.15, -0.1) is 11.3 Å². The van der Waals surface area contributed by atoms with Crippen LogP contribution in [0.3, 0.4) is 0 Å². The van der Waals surface area contributed by atoms with Crippen molar-refractivity contribution < 1.29 is 9.90 Å². The summed E-state index contributed by atoms with van der Waals surface area (Å²) < 4.78 is 0. The van der Waals surface area contributed by atoms with Crippen LogP contribution in [0.5, 0.6) is 0 Å². The molecule has 4 nitrogen and oxygen atoms in total. The molecule has 0 aromatic carbocycles. The van der Waals surface area contributed by atoms with Gasteiger partial charge in [0.1, 0.15) is 4.88 Å². The first-order valence-electron chi connectivity index (χ1n) is 6.16. The van der Waals surface area contributed by atoms with Crippen LogP contribution in [0.1, 0.15) is 47.0 Å². The number of nitrogens with zero attached hydrogens (tertiary/aromatic N) is 2. The van der Waals surface area contributed by atoms with Crippen LogP contribution in [-0.4, -0.2) is 40.1 Å². The Hall–Kier alpha value is -0.940. The molecule has 5 heteroatoms. The monoisotopic (exact) mass is 252 g/mol. The minimum Gasteiger partial charge on any atom is -0.395 e. The number of thiazole rings is 1. The zero-order chi connectivity index (χ0) is 11.8. The molecule has 0 aliphatic heterocycles. The second-order valence-corrected chi connectivity index (χ2v) is 5.65. The second kappa shape index (κ2) is 4.38. The lowest BCUT2D eigenvalue weighted by Gasteiger charge is -2.20. The third-order valence-corrected chi connectivity index (χ3v) is 4.17. The molecular weight excluding hydrogens is 236 g/mol. The summed E-state index contributed by atoms with van der Waals surface area (Å²) in [4.78, 5) is 19.4. The maximum atomic E-state index is 12.4. The average molecular weight is 252 g/mol. The number of aliphatic hydroxyl groups is 1. The second-order valence-electron chi connectivity index (χ2n) is 4.79. The summed E-state index contributed by atoms with van der Waals surface area (Å²) in [7, 11) is 0. The zero-order valence-electron chi connectivity index (χ0n) is 9.63. The summed E-state index contributed by atoms with van der Waals surface area (Å²) in [5.41, 5.74) is 2.76. The number of amides is 1. The first-order chi connectivity index (χ1) is 8.31. The Labute approximate surface area is 104 Å². The maximum absolute atomic E-state index is 12.4. The molecule has 0 saturated heterocycles. The van der Waals surface area contributed by atoms with Crippen LogP contribution in [-0.2, 0) is 0 Å². The number of carbonyl (C=O) groups excluding carboxylic acids is 1. The molecule has 17 heavy (non-hydrogen) atoms. The summed E-state index contributed by atoms with van der Waals surface area (Å²) in [6, 6.07) is 0.351. The molecule has 2 aliphatic rings. The summed E-state index contributed by atoms with van der Waals surface area (Å²) >= 11 is 1.44. The number of hydrogen-bond acceptors (Lipinski definition) is 4. The normalized spacial score (nSPS) is 19.4. The Bertz CT molecular complexity index is 424. The van der Waals surface area contributed by atoms with Crippen molar-refractivity contribution in [1.29, 1.82) is 0 Å². The van der Waals surface area contributed by atoms with Gasteiger partial charge in [-0.05, 0) is 25.7 Å². The molecule has 0 bridgehead atoms. The van der Waals surface area contributed by atoms with Crippen LogP contribution >= 0.6 is 11.3 Å². The molecule has 2 aliphatic carbocycles. The molecule has 1 amide bonds. The largest absolute Gasteiger partial charge is 0.395 e. The summed E-state index contributed by atoms with van der Waals surface area (Å²) in [6.07, 6.45) is 4.47. The quantitative estimate of drug-likeness (QED) is 0.866. The Morgan fingerprint density at radius 2 is 2.24 bits per heavy atom. The Morgan fingerprint density at radius 3 is 2.82 bits per heavy atom. The number of carbonyl (C=O) groups is 1. The predicted octanol–water partition coefficient (Wildman–Crippen LogP) is 1.62. The van der Waals surface area contributed by atoms with Crippen LogP contribution in [0.25, 0.3) is 0 Å². The molecule has 92 valence electrons. The van der Waals surface area contributed by atoms with E-state index in [-0.39, 0.29) is 12.5 Å². The number of aromatic nitrogens is 1. The van der Waals surface area contributed by atoms with Gasteiger partial charge in [0.25, 0.3) is 5.91 Å². The number of aliphatic hydroxyl groups excluding tert-OH is 1. The highest BCUT2D eigenvalue weighted by molar-refractivity contribution is 7.11. The minimum atomic E-state index is 0.0415. The topological polar surface area (TPSA) is 53.4 Å². The van der Waals surface area contributed by atoms with Gasteiger partial charge in [-0.25, -0.2) is 4.98 Å². The molecule has 1 N–H and O–H groups in total. The summed E-state index contributed by atoms with van der Waals surface area (Å²) in [5.74, 6) is 0.585. The fraction of sp³-hybridized carbons (Fsp3) is 0.667. The molecule has 0 atom stereocenters. The van der Waals surface area contributed by atoms with Gasteiger partial charge in [-0.3, -0.25) is 4.79 Å². The van der Waals surface area contributed by atoms with E-state index in [1.54, 1.807) is 5.51 Å². The lowest BCUT2D eigenvalue weighted by molar-refractivity contribution is 0.0711. The van der Waals surface area contributed by atoms with E-state index in [1.165, 1.54) is 11.3 Å². The smallest absolute Gasteiger partial charge is 0.266 e. The minimum absolute atomic E-state index is 0.0415. The van der Waals surface area contributed by atoms with Crippen molar-refractivity contribution in [1.82, 2.24) is 9.88 Å². The molecule has 0 unspecified atom stereocenters. The van der Waals surface area contributed by atoms with E-state index in [0.29, 0.717) is 18.5 Å². The highest BCUT2D eigenvalue weighted by atomic mass is 32.1. The maximum Gasteiger partial charge on any atom is 0.266 e. The van der Waals surface area contributed by atoms with E-state index in [9.17, 15) is 4.79 Å². The van der Waals surface area contributed by atoms with Gasteiger partial charge in [-0.1, -0.05) is 0 Å². The molecule has 2 saturated carbocycles. The van der Waals surface area contributed by atoms with Crippen LogP contribution < -0.4 is 0 Å². The van der Waals surface area contributed by atoms with E-state index < -0.39 is 0 Å². The summed E-state index contributed by atoms with van der Waals surface area (Å²) in [6.45, 7) is 0.491. The standard InChI is InChI=1S/C12H16N2O2S/c15-6-5-14(9-3-4-9)12(16)11-10(8-1-2-8)13-7-17-11/h7-9,15H,1-6H2. The third-order valence-electron chi connectivity index (χ3n) is 3.34. The van der Waals surface area contributed by atoms with E-state index in [1.807, 2.05) is 4.90 Å². The van der Waals surface area contributed by atoms with Crippen molar-refractivity contribution in [2.24, 2.45) is 0 Å². The molecular formula is C12H16N2O2S. The van der Waals surface area contributed by atoms with Gasteiger partial charge < -0.3 is 10.0 Å². The Morgan fingerprint density at radius 1 is 1.47 bits per heavy atom. The molecule has 1 aromatic heterocycles.